The number of nitrogens with one attached hydrogen (secondary N) is 1. The number of carbonyl (C=O) groups is 2. The summed E-state index contributed by atoms with van der Waals surface area (Å²) < 4.78 is 39.7. The Morgan fingerprint density at radius 1 is 1.08 bits per heavy atom. The van der Waals surface area contributed by atoms with Crippen molar-refractivity contribution in [3.05, 3.63) is 65.0 Å². The van der Waals surface area contributed by atoms with E-state index in [9.17, 15) is 22.8 Å². The maximum absolute atomic E-state index is 13.6. The van der Waals surface area contributed by atoms with Crippen LogP contribution in [0.1, 0.15) is 22.8 Å². The largest absolute Gasteiger partial charge is 0.343 e. The minimum atomic E-state index is -1.73. The van der Waals surface area contributed by atoms with Crippen LogP contribution in [-0.2, 0) is 4.79 Å². The first-order chi connectivity index (χ1) is 11.8. The van der Waals surface area contributed by atoms with E-state index < -0.39 is 41.4 Å². The van der Waals surface area contributed by atoms with E-state index in [1.165, 1.54) is 4.90 Å². The third-order valence-electron chi connectivity index (χ3n) is 3.61. The molecule has 0 spiro atoms. The van der Waals surface area contributed by atoms with Gasteiger partial charge in [0.1, 0.15) is 0 Å². The Hall–Kier alpha value is -2.83. The first kappa shape index (κ1) is 18.5. The van der Waals surface area contributed by atoms with E-state index in [1.54, 1.807) is 19.1 Å². The zero-order chi connectivity index (χ0) is 18.6. The van der Waals surface area contributed by atoms with Crippen molar-refractivity contribution in [2.45, 2.75) is 13.8 Å². The van der Waals surface area contributed by atoms with Crippen molar-refractivity contribution in [3.63, 3.8) is 0 Å². The second-order valence-corrected chi connectivity index (χ2v) is 5.38. The van der Waals surface area contributed by atoms with E-state index in [0.717, 1.165) is 11.6 Å². The SMILES string of the molecule is CCN(C(=O)CNC(=O)c1ccc(F)c(F)c1F)c1cccc(C)c1. The minimum Gasteiger partial charge on any atom is -0.343 e. The molecule has 2 aromatic rings. The topological polar surface area (TPSA) is 49.4 Å². The van der Waals surface area contributed by atoms with E-state index in [2.05, 4.69) is 5.32 Å². The summed E-state index contributed by atoms with van der Waals surface area (Å²) in [5.74, 6) is -6.11. The standard InChI is InChI=1S/C18H17F3N2O2/c1-3-23(12-6-4-5-11(2)9-12)15(24)10-22-18(25)13-7-8-14(19)17(21)16(13)20/h4-9H,3,10H2,1-2H3,(H,22,25). The quantitative estimate of drug-likeness (QED) is 0.842. The Labute approximate surface area is 143 Å². The van der Waals surface area contributed by atoms with Crippen LogP contribution in [0.5, 0.6) is 0 Å². The number of benzene rings is 2. The molecule has 0 aromatic heterocycles. The number of aryl methyl sites for hydroxylation is 1. The van der Waals surface area contributed by atoms with Crippen LogP contribution in [0, 0.1) is 24.4 Å². The molecule has 0 atom stereocenters. The number of amides is 2. The average Bonchev–Trinajstić information content (AvgIpc) is 2.58. The zero-order valence-corrected chi connectivity index (χ0v) is 13.8. The first-order valence-electron chi connectivity index (χ1n) is 7.63. The highest BCUT2D eigenvalue weighted by Gasteiger charge is 2.20. The molecule has 132 valence electrons. The number of nitrogens with zero attached hydrogens (tertiary/aromatic N) is 1. The Morgan fingerprint density at radius 3 is 2.44 bits per heavy atom. The predicted molar refractivity (Wildman–Crippen MR) is 87.9 cm³/mol. The molecule has 7 heteroatoms. The Balaban J connectivity index is 2.08. The summed E-state index contributed by atoms with van der Waals surface area (Å²) in [6.45, 7) is 3.63. The highest BCUT2D eigenvalue weighted by atomic mass is 19.2. The third-order valence-corrected chi connectivity index (χ3v) is 3.61. The Bertz CT molecular complexity index is 809. The molecule has 0 saturated carbocycles. The van der Waals surface area contributed by atoms with Gasteiger partial charge in [0.15, 0.2) is 17.5 Å². The molecule has 0 aliphatic rings. The second kappa shape index (κ2) is 7.83. The number of hydrogen-bond acceptors (Lipinski definition) is 2. The zero-order valence-electron chi connectivity index (χ0n) is 13.8. The Kier molecular flexibility index (Phi) is 5.80. The van der Waals surface area contributed by atoms with E-state index in [0.29, 0.717) is 18.3 Å². The first-order valence-corrected chi connectivity index (χ1v) is 7.63. The summed E-state index contributed by atoms with van der Waals surface area (Å²) in [5.41, 5.74) is 0.975. The summed E-state index contributed by atoms with van der Waals surface area (Å²) in [5, 5.41) is 2.23. The fourth-order valence-corrected chi connectivity index (χ4v) is 2.35. The Morgan fingerprint density at radius 2 is 1.80 bits per heavy atom. The van der Waals surface area contributed by atoms with Crippen molar-refractivity contribution in [1.29, 1.82) is 0 Å². The van der Waals surface area contributed by atoms with E-state index >= 15 is 0 Å². The molecule has 0 aliphatic heterocycles. The maximum Gasteiger partial charge on any atom is 0.254 e. The molecule has 1 N–H and O–H groups in total. The van der Waals surface area contributed by atoms with Gasteiger partial charge in [-0.2, -0.15) is 0 Å². The molecule has 0 heterocycles. The molecule has 2 aromatic carbocycles. The lowest BCUT2D eigenvalue weighted by atomic mass is 10.2. The van der Waals surface area contributed by atoms with Crippen molar-refractivity contribution in [1.82, 2.24) is 5.32 Å². The molecule has 0 radical (unpaired) electrons. The third kappa shape index (κ3) is 4.17. The van der Waals surface area contributed by atoms with Crippen molar-refractivity contribution in [2.24, 2.45) is 0 Å². The number of rotatable bonds is 5. The van der Waals surface area contributed by atoms with E-state index in [1.807, 2.05) is 19.1 Å². The van der Waals surface area contributed by atoms with Crippen molar-refractivity contribution in [2.75, 3.05) is 18.0 Å². The van der Waals surface area contributed by atoms with Crippen molar-refractivity contribution >= 4 is 17.5 Å². The number of anilines is 1. The van der Waals surface area contributed by atoms with Gasteiger partial charge in [0.25, 0.3) is 5.91 Å². The molecule has 0 bridgehead atoms. The van der Waals surface area contributed by atoms with Gasteiger partial charge in [0.05, 0.1) is 12.1 Å². The predicted octanol–water partition coefficient (Wildman–Crippen LogP) is 3.20. The maximum atomic E-state index is 13.6. The van der Waals surface area contributed by atoms with Crippen LogP contribution in [0.25, 0.3) is 0 Å². The van der Waals surface area contributed by atoms with Gasteiger partial charge in [-0.1, -0.05) is 12.1 Å². The fraction of sp³-hybridized carbons (Fsp3) is 0.222. The van der Waals surface area contributed by atoms with Crippen LogP contribution in [0.2, 0.25) is 0 Å². The monoisotopic (exact) mass is 350 g/mol. The highest BCUT2D eigenvalue weighted by Crippen LogP contribution is 2.17. The molecule has 2 amide bonds. The molecular weight excluding hydrogens is 333 g/mol. The molecule has 0 unspecified atom stereocenters. The van der Waals surface area contributed by atoms with Gasteiger partial charge in [0.2, 0.25) is 5.91 Å². The fourth-order valence-electron chi connectivity index (χ4n) is 2.35. The molecule has 0 aliphatic carbocycles. The summed E-state index contributed by atoms with van der Waals surface area (Å²) in [6.07, 6.45) is 0. The van der Waals surface area contributed by atoms with Gasteiger partial charge in [-0.15, -0.1) is 0 Å². The van der Waals surface area contributed by atoms with Crippen molar-refractivity contribution in [3.8, 4) is 0 Å². The lowest BCUT2D eigenvalue weighted by Gasteiger charge is -2.21. The lowest BCUT2D eigenvalue weighted by Crippen LogP contribution is -2.40. The van der Waals surface area contributed by atoms with Gasteiger partial charge >= 0.3 is 0 Å². The van der Waals surface area contributed by atoms with Gasteiger partial charge in [0, 0.05) is 12.2 Å². The van der Waals surface area contributed by atoms with Crippen LogP contribution in [0.4, 0.5) is 18.9 Å². The van der Waals surface area contributed by atoms with Gasteiger partial charge < -0.3 is 10.2 Å². The summed E-state index contributed by atoms with van der Waals surface area (Å²) in [4.78, 5) is 25.7. The van der Waals surface area contributed by atoms with Crippen molar-refractivity contribution < 1.29 is 22.8 Å². The molecule has 25 heavy (non-hydrogen) atoms. The van der Waals surface area contributed by atoms with E-state index in [-0.39, 0.29) is 0 Å². The average molecular weight is 350 g/mol. The van der Waals surface area contributed by atoms with Gasteiger partial charge in [-0.3, -0.25) is 9.59 Å². The normalized spacial score (nSPS) is 10.4. The van der Waals surface area contributed by atoms with Crippen LogP contribution in [0.15, 0.2) is 36.4 Å². The molecular formula is C18H17F3N2O2. The number of likely N-dealkylation sites (N-methyl/N-ethyl adjacent to an activating group) is 1. The second-order valence-electron chi connectivity index (χ2n) is 5.38. The minimum absolute atomic E-state index is 0.373. The molecule has 4 nitrogen and oxygen atoms in total. The number of hydrogen-bond donors (Lipinski definition) is 1. The number of carbonyl (C=O) groups excluding carboxylic acids is 2. The van der Waals surface area contributed by atoms with Crippen LogP contribution in [-0.4, -0.2) is 24.9 Å². The lowest BCUT2D eigenvalue weighted by molar-refractivity contribution is -0.117. The summed E-state index contributed by atoms with van der Waals surface area (Å²) in [6, 6.07) is 8.74. The smallest absolute Gasteiger partial charge is 0.254 e. The van der Waals surface area contributed by atoms with Crippen LogP contribution >= 0.6 is 0 Å². The molecule has 2 rings (SSSR count). The molecule has 0 saturated heterocycles. The van der Waals surface area contributed by atoms with Crippen LogP contribution < -0.4 is 10.2 Å². The van der Waals surface area contributed by atoms with Crippen LogP contribution in [0.3, 0.4) is 0 Å². The van der Waals surface area contributed by atoms with E-state index in [4.69, 9.17) is 0 Å². The summed E-state index contributed by atoms with van der Waals surface area (Å²) in [7, 11) is 0. The van der Waals surface area contributed by atoms with Gasteiger partial charge in [-0.05, 0) is 43.7 Å². The molecule has 0 fully saturated rings. The highest BCUT2D eigenvalue weighted by molar-refractivity contribution is 6.00. The number of halogens is 3. The summed E-state index contributed by atoms with van der Waals surface area (Å²) >= 11 is 0. The van der Waals surface area contributed by atoms with Gasteiger partial charge in [-0.25, -0.2) is 13.2 Å².